The van der Waals surface area contributed by atoms with Crippen molar-refractivity contribution in [1.82, 2.24) is 9.80 Å². The number of aryl methyl sites for hydroxylation is 1. The normalized spacial score (nSPS) is 21.7. The van der Waals surface area contributed by atoms with Crippen molar-refractivity contribution in [2.24, 2.45) is 11.7 Å². The predicted octanol–water partition coefficient (Wildman–Crippen LogP) is 3.46. The Morgan fingerprint density at radius 3 is 2.52 bits per heavy atom. The maximum absolute atomic E-state index is 13.6. The Hall–Kier alpha value is -3.93. The van der Waals surface area contributed by atoms with E-state index in [1.165, 1.54) is 18.2 Å². The minimum Gasteiger partial charge on any atom is -0.427 e. The molecule has 2 aliphatic carbocycles. The summed E-state index contributed by atoms with van der Waals surface area (Å²) < 4.78 is 43.9. The first-order chi connectivity index (χ1) is 18.9. The number of carbonyl (C=O) groups is 4. The van der Waals surface area contributed by atoms with Gasteiger partial charge in [-0.3, -0.25) is 14.4 Å². The smallest absolute Gasteiger partial charge is 0.418 e. The summed E-state index contributed by atoms with van der Waals surface area (Å²) >= 11 is 0. The maximum Gasteiger partial charge on any atom is 0.418 e. The number of anilines is 1. The van der Waals surface area contributed by atoms with Gasteiger partial charge in [-0.2, -0.15) is 13.2 Å². The summed E-state index contributed by atoms with van der Waals surface area (Å²) in [5.74, 6) is -2.10. The number of nitrogens with one attached hydrogen (secondary N) is 1. The molecule has 3 atom stereocenters. The maximum atomic E-state index is 13.6. The van der Waals surface area contributed by atoms with Gasteiger partial charge >= 0.3 is 12.3 Å². The SMILES string of the molecule is CC(C1CC1)N(Cc1ccccc1)C(=O)CN1C(=O)O[C@]2(CCc3cc(NC(=O)C(N)C(F)(F)F)ccc32)C1=O. The zero-order valence-electron chi connectivity index (χ0n) is 21.7. The van der Waals surface area contributed by atoms with Crippen LogP contribution in [-0.4, -0.2) is 58.4 Å². The quantitative estimate of drug-likeness (QED) is 0.512. The highest BCUT2D eigenvalue weighted by Gasteiger charge is 2.58. The Balaban J connectivity index is 1.32. The topological polar surface area (TPSA) is 122 Å². The second-order valence-corrected chi connectivity index (χ2v) is 10.6. The fourth-order valence-corrected chi connectivity index (χ4v) is 5.40. The van der Waals surface area contributed by atoms with Crippen LogP contribution in [0.3, 0.4) is 0 Å². The highest BCUT2D eigenvalue weighted by Crippen LogP contribution is 2.46. The Morgan fingerprint density at radius 2 is 1.88 bits per heavy atom. The van der Waals surface area contributed by atoms with Crippen molar-refractivity contribution in [3.05, 3.63) is 65.2 Å². The van der Waals surface area contributed by atoms with Crippen molar-refractivity contribution in [1.29, 1.82) is 0 Å². The third-order valence-corrected chi connectivity index (χ3v) is 7.87. The Bertz CT molecular complexity index is 1350. The Labute approximate surface area is 228 Å². The molecule has 0 radical (unpaired) electrons. The lowest BCUT2D eigenvalue weighted by Crippen LogP contribution is -2.47. The van der Waals surface area contributed by atoms with Gasteiger partial charge in [0.1, 0.15) is 6.54 Å². The molecule has 0 bridgehead atoms. The van der Waals surface area contributed by atoms with Gasteiger partial charge in [-0.25, -0.2) is 9.69 Å². The molecule has 3 aliphatic rings. The number of carbonyl (C=O) groups excluding carboxylic acids is 4. The molecule has 0 aromatic heterocycles. The van der Waals surface area contributed by atoms with Crippen molar-refractivity contribution in [2.75, 3.05) is 11.9 Å². The van der Waals surface area contributed by atoms with E-state index < -0.39 is 42.3 Å². The fraction of sp³-hybridized carbons (Fsp3) is 0.429. The molecule has 12 heteroatoms. The Kier molecular flexibility index (Phi) is 7.07. The summed E-state index contributed by atoms with van der Waals surface area (Å²) in [6, 6.07) is 10.9. The van der Waals surface area contributed by atoms with E-state index in [1.807, 2.05) is 37.3 Å². The summed E-state index contributed by atoms with van der Waals surface area (Å²) in [4.78, 5) is 54.4. The van der Waals surface area contributed by atoms with Gasteiger partial charge in [0, 0.05) is 30.3 Å². The lowest BCUT2D eigenvalue weighted by atomic mass is 9.94. The molecule has 3 N–H and O–H groups in total. The van der Waals surface area contributed by atoms with Gasteiger partial charge in [0.05, 0.1) is 0 Å². The average molecular weight is 559 g/mol. The second-order valence-electron chi connectivity index (χ2n) is 10.6. The molecule has 1 spiro atoms. The molecular formula is C28H29F3N4O5. The lowest BCUT2D eigenvalue weighted by Gasteiger charge is -2.30. The van der Waals surface area contributed by atoms with Gasteiger partial charge in [0.15, 0.2) is 6.04 Å². The van der Waals surface area contributed by atoms with E-state index in [0.29, 0.717) is 23.6 Å². The summed E-state index contributed by atoms with van der Waals surface area (Å²) in [5, 5.41) is 2.13. The molecule has 9 nitrogen and oxygen atoms in total. The van der Waals surface area contributed by atoms with Crippen LogP contribution in [0.15, 0.2) is 48.5 Å². The number of nitrogens with zero attached hydrogens (tertiary/aromatic N) is 2. The van der Waals surface area contributed by atoms with Crippen molar-refractivity contribution in [3.8, 4) is 0 Å². The fourth-order valence-electron chi connectivity index (χ4n) is 5.40. The summed E-state index contributed by atoms with van der Waals surface area (Å²) in [5.41, 5.74) is 5.22. The standard InChI is InChI=1S/C28H29F3N4O5/c1-16(18-7-8-18)34(14-17-5-3-2-4-6-17)22(36)15-35-25(38)27(40-26(35)39)12-11-19-13-20(9-10-21(19)27)33-24(37)23(32)28(29,30)31/h2-6,9-10,13,16,18,23H,7-8,11-12,14-15,32H2,1H3,(H,33,37)/t16?,23?,27-/m0/s1. The van der Waals surface area contributed by atoms with Crippen molar-refractivity contribution >= 4 is 29.5 Å². The largest absolute Gasteiger partial charge is 0.427 e. The van der Waals surface area contributed by atoms with Crippen LogP contribution < -0.4 is 11.1 Å². The van der Waals surface area contributed by atoms with Crippen LogP contribution in [0.25, 0.3) is 0 Å². The molecule has 1 aliphatic heterocycles. The van der Waals surface area contributed by atoms with Gasteiger partial charge in [0.25, 0.3) is 11.8 Å². The van der Waals surface area contributed by atoms with Crippen LogP contribution in [0.5, 0.6) is 0 Å². The van der Waals surface area contributed by atoms with E-state index in [2.05, 4.69) is 5.32 Å². The number of benzene rings is 2. The van der Waals surface area contributed by atoms with E-state index in [1.54, 1.807) is 4.90 Å². The van der Waals surface area contributed by atoms with E-state index >= 15 is 0 Å². The number of rotatable bonds is 8. The average Bonchev–Trinajstić information content (AvgIpc) is 3.67. The summed E-state index contributed by atoms with van der Waals surface area (Å²) in [6.07, 6.45) is -3.45. The first kappa shape index (κ1) is 27.6. The molecule has 4 amide bonds. The number of fused-ring (bicyclic) bond motifs is 2. The number of amides is 4. The molecule has 212 valence electrons. The van der Waals surface area contributed by atoms with Crippen LogP contribution >= 0.6 is 0 Å². The Morgan fingerprint density at radius 1 is 1.18 bits per heavy atom. The van der Waals surface area contributed by atoms with Crippen molar-refractivity contribution in [3.63, 3.8) is 0 Å². The number of nitrogens with two attached hydrogens (primary N) is 1. The van der Waals surface area contributed by atoms with E-state index in [9.17, 15) is 32.3 Å². The number of hydrogen-bond donors (Lipinski definition) is 2. The van der Waals surface area contributed by atoms with Crippen LogP contribution in [0.2, 0.25) is 0 Å². The second kappa shape index (κ2) is 10.2. The third-order valence-electron chi connectivity index (χ3n) is 7.87. The molecule has 1 saturated carbocycles. The molecule has 5 rings (SSSR count). The van der Waals surface area contributed by atoms with Crippen LogP contribution in [0.1, 0.15) is 42.9 Å². The van der Waals surface area contributed by atoms with E-state index in [-0.39, 0.29) is 30.5 Å². The highest BCUT2D eigenvalue weighted by molar-refractivity contribution is 6.06. The monoisotopic (exact) mass is 558 g/mol. The van der Waals surface area contributed by atoms with Crippen LogP contribution in [0.4, 0.5) is 23.7 Å². The minimum atomic E-state index is -4.90. The van der Waals surface area contributed by atoms with Crippen molar-refractivity contribution in [2.45, 2.75) is 63.0 Å². The number of hydrogen-bond acceptors (Lipinski definition) is 6. The molecule has 1 saturated heterocycles. The third kappa shape index (κ3) is 5.15. The summed E-state index contributed by atoms with van der Waals surface area (Å²) in [6.45, 7) is 1.84. The summed E-state index contributed by atoms with van der Waals surface area (Å²) in [7, 11) is 0. The number of ether oxygens (including phenoxy) is 1. The van der Waals surface area contributed by atoms with Crippen LogP contribution in [0, 0.1) is 5.92 Å². The predicted molar refractivity (Wildman–Crippen MR) is 136 cm³/mol. The minimum absolute atomic E-state index is 0.0647. The number of alkyl halides is 3. The first-order valence-corrected chi connectivity index (χ1v) is 13.1. The van der Waals surface area contributed by atoms with Gasteiger partial charge in [-0.15, -0.1) is 0 Å². The molecule has 2 aromatic rings. The van der Waals surface area contributed by atoms with E-state index in [0.717, 1.165) is 23.3 Å². The highest BCUT2D eigenvalue weighted by atomic mass is 19.4. The van der Waals surface area contributed by atoms with Crippen LogP contribution in [-0.2, 0) is 37.7 Å². The molecule has 1 heterocycles. The van der Waals surface area contributed by atoms with Gasteiger partial charge in [-0.05, 0) is 55.4 Å². The zero-order chi connectivity index (χ0) is 28.8. The van der Waals surface area contributed by atoms with Gasteiger partial charge < -0.3 is 20.7 Å². The zero-order valence-corrected chi connectivity index (χ0v) is 21.7. The lowest BCUT2D eigenvalue weighted by molar-refractivity contribution is -0.159. The molecule has 2 aromatic carbocycles. The molecular weight excluding hydrogens is 529 g/mol. The number of imide groups is 1. The molecule has 2 fully saturated rings. The molecule has 40 heavy (non-hydrogen) atoms. The molecule has 2 unspecified atom stereocenters. The van der Waals surface area contributed by atoms with Gasteiger partial charge in [-0.1, -0.05) is 36.4 Å². The number of halogens is 3. The first-order valence-electron chi connectivity index (χ1n) is 13.1. The van der Waals surface area contributed by atoms with Gasteiger partial charge in [0.2, 0.25) is 11.5 Å². The van der Waals surface area contributed by atoms with Crippen molar-refractivity contribution < 1.29 is 37.1 Å². The van der Waals surface area contributed by atoms with E-state index in [4.69, 9.17) is 10.5 Å².